The molecule has 3 nitrogen and oxygen atoms in total. The fraction of sp³-hybridized carbons (Fsp3) is 0.300. The topological polar surface area (TPSA) is 46.5 Å². The van der Waals surface area contributed by atoms with Crippen molar-refractivity contribution in [2.24, 2.45) is 5.92 Å². The maximum absolute atomic E-state index is 12.7. The summed E-state index contributed by atoms with van der Waals surface area (Å²) in [5.74, 6) is -1.58. The van der Waals surface area contributed by atoms with Gasteiger partial charge in [-0.15, -0.1) is 0 Å². The first-order valence-corrected chi connectivity index (χ1v) is 4.21. The number of hydrogen-bond acceptors (Lipinski definition) is 2. The fourth-order valence-electron chi connectivity index (χ4n) is 0.849. The highest BCUT2D eigenvalue weighted by molar-refractivity contribution is 5.69. The Morgan fingerprint density at radius 3 is 2.93 bits per heavy atom. The molecule has 0 bridgehead atoms. The van der Waals surface area contributed by atoms with Crippen LogP contribution in [-0.4, -0.2) is 17.7 Å². The maximum Gasteiger partial charge on any atom is 0.309 e. The van der Waals surface area contributed by atoms with Gasteiger partial charge in [-0.05, 0) is 19.1 Å². The van der Waals surface area contributed by atoms with Crippen LogP contribution in [0.15, 0.2) is 24.3 Å². The minimum atomic E-state index is -0.929. The van der Waals surface area contributed by atoms with E-state index in [1.54, 1.807) is 6.07 Å². The minimum absolute atomic E-state index is 0.0405. The number of carboxylic acids is 1. The molecule has 1 aromatic rings. The van der Waals surface area contributed by atoms with Gasteiger partial charge in [0, 0.05) is 6.07 Å². The number of rotatable bonds is 4. The summed E-state index contributed by atoms with van der Waals surface area (Å²) in [5.41, 5.74) is 0. The molecule has 1 unspecified atom stereocenters. The van der Waals surface area contributed by atoms with Crippen LogP contribution in [-0.2, 0) is 4.79 Å². The van der Waals surface area contributed by atoms with Crippen molar-refractivity contribution < 1.29 is 19.0 Å². The van der Waals surface area contributed by atoms with Crippen LogP contribution in [0.4, 0.5) is 4.39 Å². The van der Waals surface area contributed by atoms with E-state index in [-0.39, 0.29) is 6.61 Å². The molecule has 0 radical (unpaired) electrons. The van der Waals surface area contributed by atoms with Crippen LogP contribution in [0.5, 0.6) is 5.75 Å². The number of benzene rings is 1. The largest absolute Gasteiger partial charge is 0.493 e. The van der Waals surface area contributed by atoms with Crippen LogP contribution in [0, 0.1) is 11.7 Å². The smallest absolute Gasteiger partial charge is 0.309 e. The summed E-state index contributed by atoms with van der Waals surface area (Å²) in [6.07, 6.45) is 0. The summed E-state index contributed by atoms with van der Waals surface area (Å²) in [6, 6.07) is 5.61. The second-order valence-corrected chi connectivity index (χ2v) is 3.01. The number of aliphatic carboxylic acids is 1. The van der Waals surface area contributed by atoms with Crippen LogP contribution in [0.25, 0.3) is 0 Å². The van der Waals surface area contributed by atoms with E-state index in [2.05, 4.69) is 0 Å². The van der Waals surface area contributed by atoms with Crippen LogP contribution in [0.3, 0.4) is 0 Å². The summed E-state index contributed by atoms with van der Waals surface area (Å²) in [5, 5.41) is 8.56. The molecule has 14 heavy (non-hydrogen) atoms. The van der Waals surface area contributed by atoms with E-state index in [1.807, 2.05) is 0 Å². The van der Waals surface area contributed by atoms with Crippen molar-refractivity contribution in [3.63, 3.8) is 0 Å². The van der Waals surface area contributed by atoms with E-state index in [1.165, 1.54) is 25.1 Å². The molecule has 0 aliphatic heterocycles. The van der Waals surface area contributed by atoms with Gasteiger partial charge in [0.1, 0.15) is 18.2 Å². The molecule has 0 fully saturated rings. The van der Waals surface area contributed by atoms with E-state index in [0.29, 0.717) is 5.75 Å². The Kier molecular flexibility index (Phi) is 3.45. The van der Waals surface area contributed by atoms with Crippen LogP contribution in [0.1, 0.15) is 6.92 Å². The molecule has 0 spiro atoms. The van der Waals surface area contributed by atoms with Gasteiger partial charge in [-0.25, -0.2) is 4.39 Å². The van der Waals surface area contributed by atoms with Gasteiger partial charge >= 0.3 is 5.97 Å². The van der Waals surface area contributed by atoms with Gasteiger partial charge in [0.15, 0.2) is 0 Å². The van der Waals surface area contributed by atoms with Gasteiger partial charge in [0.2, 0.25) is 0 Å². The Labute approximate surface area is 81.1 Å². The van der Waals surface area contributed by atoms with Gasteiger partial charge in [0.05, 0.1) is 5.92 Å². The highest BCUT2D eigenvalue weighted by atomic mass is 19.1. The molecule has 0 saturated heterocycles. The zero-order valence-corrected chi connectivity index (χ0v) is 7.74. The van der Waals surface area contributed by atoms with Gasteiger partial charge < -0.3 is 9.84 Å². The molecular weight excluding hydrogens is 187 g/mol. The van der Waals surface area contributed by atoms with E-state index >= 15 is 0 Å². The molecule has 1 atom stereocenters. The van der Waals surface area contributed by atoms with Crippen molar-refractivity contribution in [2.45, 2.75) is 6.92 Å². The molecular formula is C10H11FO3. The van der Waals surface area contributed by atoms with Crippen molar-refractivity contribution in [3.8, 4) is 5.75 Å². The summed E-state index contributed by atoms with van der Waals surface area (Å²) in [4.78, 5) is 10.4. The first kappa shape index (κ1) is 10.5. The predicted octanol–water partition coefficient (Wildman–Crippen LogP) is 1.93. The molecule has 4 heteroatoms. The van der Waals surface area contributed by atoms with E-state index < -0.39 is 17.7 Å². The first-order valence-electron chi connectivity index (χ1n) is 4.21. The Balaban J connectivity index is 2.49. The lowest BCUT2D eigenvalue weighted by atomic mass is 10.2. The zero-order chi connectivity index (χ0) is 10.6. The Morgan fingerprint density at radius 1 is 1.64 bits per heavy atom. The number of ether oxygens (including phenoxy) is 1. The van der Waals surface area contributed by atoms with E-state index in [4.69, 9.17) is 9.84 Å². The van der Waals surface area contributed by atoms with Crippen LogP contribution >= 0.6 is 0 Å². The lowest BCUT2D eigenvalue weighted by Crippen LogP contribution is -2.17. The number of carboxylic acid groups (broad SMARTS) is 1. The lowest BCUT2D eigenvalue weighted by molar-refractivity contribution is -0.142. The van der Waals surface area contributed by atoms with E-state index in [0.717, 1.165) is 0 Å². The first-order chi connectivity index (χ1) is 6.59. The standard InChI is InChI=1S/C10H11FO3/c1-7(10(12)13)6-14-9-4-2-3-8(11)5-9/h2-5,7H,6H2,1H3,(H,12,13). The number of carbonyl (C=O) groups is 1. The summed E-state index contributed by atoms with van der Waals surface area (Å²) in [7, 11) is 0. The predicted molar refractivity (Wildman–Crippen MR) is 48.7 cm³/mol. The Morgan fingerprint density at radius 2 is 2.36 bits per heavy atom. The quantitative estimate of drug-likeness (QED) is 0.804. The highest BCUT2D eigenvalue weighted by Gasteiger charge is 2.11. The molecule has 0 aliphatic carbocycles. The molecule has 0 aromatic heterocycles. The third-order valence-corrected chi connectivity index (χ3v) is 1.72. The molecule has 1 aromatic carbocycles. The van der Waals surface area contributed by atoms with Crippen molar-refractivity contribution in [1.82, 2.24) is 0 Å². The molecule has 1 N–H and O–H groups in total. The summed E-state index contributed by atoms with van der Waals surface area (Å²) in [6.45, 7) is 1.57. The average molecular weight is 198 g/mol. The van der Waals surface area contributed by atoms with Crippen LogP contribution in [0.2, 0.25) is 0 Å². The second-order valence-electron chi connectivity index (χ2n) is 3.01. The summed E-state index contributed by atoms with van der Waals surface area (Å²) >= 11 is 0. The zero-order valence-electron chi connectivity index (χ0n) is 7.74. The third kappa shape index (κ3) is 3.05. The molecule has 1 rings (SSSR count). The second kappa shape index (κ2) is 4.60. The van der Waals surface area contributed by atoms with E-state index in [9.17, 15) is 9.18 Å². The van der Waals surface area contributed by atoms with Gasteiger partial charge in [-0.3, -0.25) is 4.79 Å². The van der Waals surface area contributed by atoms with Crippen molar-refractivity contribution >= 4 is 5.97 Å². The minimum Gasteiger partial charge on any atom is -0.493 e. The third-order valence-electron chi connectivity index (χ3n) is 1.72. The number of hydrogen-bond donors (Lipinski definition) is 1. The average Bonchev–Trinajstić information content (AvgIpc) is 2.14. The van der Waals surface area contributed by atoms with Gasteiger partial charge in [-0.1, -0.05) is 6.07 Å². The van der Waals surface area contributed by atoms with Crippen molar-refractivity contribution in [3.05, 3.63) is 30.1 Å². The van der Waals surface area contributed by atoms with Crippen molar-refractivity contribution in [1.29, 1.82) is 0 Å². The van der Waals surface area contributed by atoms with Gasteiger partial charge in [0.25, 0.3) is 0 Å². The number of halogens is 1. The van der Waals surface area contributed by atoms with Crippen LogP contribution < -0.4 is 4.74 Å². The Bertz CT molecular complexity index is 325. The monoisotopic (exact) mass is 198 g/mol. The molecule has 0 saturated carbocycles. The maximum atomic E-state index is 12.7. The highest BCUT2D eigenvalue weighted by Crippen LogP contribution is 2.12. The SMILES string of the molecule is CC(COc1cccc(F)c1)C(=O)O. The molecule has 0 amide bonds. The molecule has 0 aliphatic rings. The van der Waals surface area contributed by atoms with Crippen molar-refractivity contribution in [2.75, 3.05) is 6.61 Å². The Hall–Kier alpha value is -1.58. The normalized spacial score (nSPS) is 12.1. The summed E-state index contributed by atoms with van der Waals surface area (Å²) < 4.78 is 17.7. The van der Waals surface area contributed by atoms with Gasteiger partial charge in [-0.2, -0.15) is 0 Å². The molecule has 76 valence electrons. The fourth-order valence-corrected chi connectivity index (χ4v) is 0.849. The lowest BCUT2D eigenvalue weighted by Gasteiger charge is -2.08. The molecule has 0 heterocycles.